The second kappa shape index (κ2) is 7.03. The highest BCUT2D eigenvalue weighted by atomic mass is 32.1. The molecule has 1 fully saturated rings. The fourth-order valence-corrected chi connectivity index (χ4v) is 3.67. The molecule has 27 heavy (non-hydrogen) atoms. The van der Waals surface area contributed by atoms with E-state index in [9.17, 15) is 14.0 Å². The van der Waals surface area contributed by atoms with Crippen molar-refractivity contribution in [3.63, 3.8) is 0 Å². The van der Waals surface area contributed by atoms with Gasteiger partial charge in [0.25, 0.3) is 0 Å². The molecule has 4 rings (SSSR count). The van der Waals surface area contributed by atoms with Gasteiger partial charge in [-0.1, -0.05) is 11.3 Å². The number of pyridine rings is 2. The van der Waals surface area contributed by atoms with Gasteiger partial charge in [0.1, 0.15) is 11.1 Å². The van der Waals surface area contributed by atoms with Crippen LogP contribution in [0.4, 0.5) is 10.2 Å². The summed E-state index contributed by atoms with van der Waals surface area (Å²) in [5.74, 6) is -1.17. The highest BCUT2D eigenvalue weighted by molar-refractivity contribution is 7.11. The first-order valence-electron chi connectivity index (χ1n) is 8.54. The maximum Gasteiger partial charge on any atom is 0.343 e. The Morgan fingerprint density at radius 3 is 2.81 bits per heavy atom. The Balaban J connectivity index is 2.00. The fraction of sp³-hybridized carbons (Fsp3) is 0.353. The van der Waals surface area contributed by atoms with Crippen LogP contribution in [-0.2, 0) is 4.74 Å². The van der Waals surface area contributed by atoms with Crippen LogP contribution < -0.4 is 10.3 Å². The summed E-state index contributed by atoms with van der Waals surface area (Å²) in [5.41, 5.74) is 0.931. The lowest BCUT2D eigenvalue weighted by Crippen LogP contribution is -2.24. The molecule has 8 nitrogen and oxygen atoms in total. The van der Waals surface area contributed by atoms with Gasteiger partial charge in [-0.2, -0.15) is 0 Å². The molecule has 0 amide bonds. The summed E-state index contributed by atoms with van der Waals surface area (Å²) in [6.07, 6.45) is 3.26. The highest BCUT2D eigenvalue weighted by Gasteiger charge is 2.24. The minimum Gasteiger partial charge on any atom is -0.462 e. The summed E-state index contributed by atoms with van der Waals surface area (Å²) in [6.45, 7) is 3.18. The molecule has 0 aromatic carbocycles. The first-order valence-corrected chi connectivity index (χ1v) is 9.42. The van der Waals surface area contributed by atoms with E-state index in [1.165, 1.54) is 27.6 Å². The number of rotatable bonds is 4. The molecule has 0 aliphatic carbocycles. The van der Waals surface area contributed by atoms with E-state index in [-0.39, 0.29) is 29.0 Å². The summed E-state index contributed by atoms with van der Waals surface area (Å²) >= 11 is 1.21. The van der Waals surface area contributed by atoms with Crippen molar-refractivity contribution in [2.45, 2.75) is 19.8 Å². The number of halogens is 1. The second-order valence-electron chi connectivity index (χ2n) is 6.04. The van der Waals surface area contributed by atoms with E-state index in [1.54, 1.807) is 6.92 Å². The predicted octanol–water partition coefficient (Wildman–Crippen LogP) is 2.15. The van der Waals surface area contributed by atoms with Crippen molar-refractivity contribution in [3.05, 3.63) is 39.4 Å². The zero-order valence-electron chi connectivity index (χ0n) is 14.5. The number of hydrogen-bond acceptors (Lipinski definition) is 8. The van der Waals surface area contributed by atoms with Gasteiger partial charge in [0.15, 0.2) is 17.3 Å². The summed E-state index contributed by atoms with van der Waals surface area (Å²) < 4.78 is 21.2. The van der Waals surface area contributed by atoms with Crippen LogP contribution in [0, 0.1) is 5.82 Å². The third kappa shape index (κ3) is 3.05. The minimum absolute atomic E-state index is 0.00352. The normalized spacial score (nSPS) is 14.1. The summed E-state index contributed by atoms with van der Waals surface area (Å²) in [6, 6.07) is 1.14. The zero-order valence-corrected chi connectivity index (χ0v) is 15.3. The Morgan fingerprint density at radius 2 is 2.15 bits per heavy atom. The van der Waals surface area contributed by atoms with Crippen molar-refractivity contribution in [2.75, 3.05) is 24.6 Å². The number of aromatic nitrogens is 4. The molecular formula is C17H16FN5O3S. The van der Waals surface area contributed by atoms with Crippen LogP contribution in [-0.4, -0.2) is 45.4 Å². The molecule has 0 unspecified atom stereocenters. The van der Waals surface area contributed by atoms with Crippen molar-refractivity contribution < 1.29 is 13.9 Å². The fourth-order valence-electron chi connectivity index (χ4n) is 3.14. The molecule has 1 aliphatic heterocycles. The van der Waals surface area contributed by atoms with Gasteiger partial charge in [-0.25, -0.2) is 14.2 Å². The molecule has 0 spiro atoms. The first-order chi connectivity index (χ1) is 13.1. The van der Waals surface area contributed by atoms with Crippen LogP contribution >= 0.6 is 11.3 Å². The van der Waals surface area contributed by atoms with Crippen LogP contribution in [0.3, 0.4) is 0 Å². The van der Waals surface area contributed by atoms with E-state index in [0.29, 0.717) is 18.2 Å². The van der Waals surface area contributed by atoms with Crippen molar-refractivity contribution in [3.8, 4) is 5.13 Å². The molecule has 0 bridgehead atoms. The van der Waals surface area contributed by atoms with Crippen LogP contribution in [0.2, 0.25) is 0 Å². The molecule has 1 aliphatic rings. The molecule has 0 saturated carbocycles. The Kier molecular flexibility index (Phi) is 4.56. The number of carbonyl (C=O) groups excluding carboxylic acids is 1. The van der Waals surface area contributed by atoms with E-state index < -0.39 is 17.2 Å². The third-order valence-electron chi connectivity index (χ3n) is 4.37. The maximum atomic E-state index is 14.7. The second-order valence-corrected chi connectivity index (χ2v) is 6.85. The first kappa shape index (κ1) is 17.5. The summed E-state index contributed by atoms with van der Waals surface area (Å²) in [7, 11) is 0. The molecule has 0 N–H and O–H groups in total. The predicted molar refractivity (Wildman–Crippen MR) is 98.2 cm³/mol. The number of fused-ring (bicyclic) bond motifs is 1. The monoisotopic (exact) mass is 389 g/mol. The number of carbonyl (C=O) groups is 1. The molecule has 3 aromatic heterocycles. The molecule has 4 heterocycles. The topological polar surface area (TPSA) is 90.2 Å². The van der Waals surface area contributed by atoms with Crippen molar-refractivity contribution in [1.29, 1.82) is 0 Å². The SMILES string of the molecule is CCOC(=O)c1cn(-c2nncs2)c2nc(N3CCCC3)c(F)cc2c1=O. The summed E-state index contributed by atoms with van der Waals surface area (Å²) in [5, 5.41) is 8.20. The molecule has 0 atom stereocenters. The van der Waals surface area contributed by atoms with Crippen LogP contribution in [0.5, 0.6) is 0 Å². The average Bonchev–Trinajstić information content (AvgIpc) is 3.36. The molecule has 1 saturated heterocycles. The van der Waals surface area contributed by atoms with Crippen molar-refractivity contribution in [1.82, 2.24) is 19.7 Å². The number of hydrogen-bond donors (Lipinski definition) is 0. The van der Waals surface area contributed by atoms with Crippen LogP contribution in [0.15, 0.2) is 22.6 Å². The van der Waals surface area contributed by atoms with Crippen LogP contribution in [0.25, 0.3) is 16.2 Å². The van der Waals surface area contributed by atoms with E-state index >= 15 is 0 Å². The lowest BCUT2D eigenvalue weighted by Gasteiger charge is -2.18. The molecule has 140 valence electrons. The smallest absolute Gasteiger partial charge is 0.343 e. The van der Waals surface area contributed by atoms with E-state index in [0.717, 1.165) is 18.9 Å². The Hall–Kier alpha value is -2.88. The zero-order chi connectivity index (χ0) is 19.0. The number of ether oxygens (including phenoxy) is 1. The minimum atomic E-state index is -0.772. The largest absolute Gasteiger partial charge is 0.462 e. The van der Waals surface area contributed by atoms with Crippen molar-refractivity contribution >= 4 is 34.2 Å². The molecular weight excluding hydrogens is 373 g/mol. The van der Waals surface area contributed by atoms with Crippen molar-refractivity contribution in [2.24, 2.45) is 0 Å². The average molecular weight is 389 g/mol. The number of nitrogens with zero attached hydrogens (tertiary/aromatic N) is 5. The van der Waals surface area contributed by atoms with E-state index in [4.69, 9.17) is 4.74 Å². The van der Waals surface area contributed by atoms with Gasteiger partial charge < -0.3 is 9.64 Å². The van der Waals surface area contributed by atoms with Gasteiger partial charge >= 0.3 is 5.97 Å². The standard InChI is InChI=1S/C17H16FN5O3S/c1-2-26-16(25)11-8-23(17-21-19-9-27-17)14-10(13(11)24)7-12(18)15(20-14)22-5-3-4-6-22/h7-9H,2-6H2,1H3. The third-order valence-corrected chi connectivity index (χ3v) is 5.06. The van der Waals surface area contributed by atoms with Gasteiger partial charge in [-0.15, -0.1) is 10.2 Å². The van der Waals surface area contributed by atoms with Gasteiger partial charge in [0, 0.05) is 19.3 Å². The Bertz CT molecular complexity index is 1060. The molecule has 3 aromatic rings. The lowest BCUT2D eigenvalue weighted by molar-refractivity contribution is 0.0524. The van der Waals surface area contributed by atoms with Crippen LogP contribution in [0.1, 0.15) is 30.1 Å². The quantitative estimate of drug-likeness (QED) is 0.632. The highest BCUT2D eigenvalue weighted by Crippen LogP contribution is 2.26. The molecule has 0 radical (unpaired) electrons. The van der Waals surface area contributed by atoms with Gasteiger partial charge in [-0.3, -0.25) is 9.36 Å². The van der Waals surface area contributed by atoms with E-state index in [1.807, 2.05) is 4.90 Å². The maximum absolute atomic E-state index is 14.7. The van der Waals surface area contributed by atoms with E-state index in [2.05, 4.69) is 15.2 Å². The lowest BCUT2D eigenvalue weighted by atomic mass is 10.2. The number of esters is 1. The van der Waals surface area contributed by atoms with Gasteiger partial charge in [0.2, 0.25) is 10.6 Å². The molecule has 10 heteroatoms. The van der Waals surface area contributed by atoms with Gasteiger partial charge in [0.05, 0.1) is 12.0 Å². The Morgan fingerprint density at radius 1 is 1.37 bits per heavy atom. The number of anilines is 1. The Labute approximate surface area is 157 Å². The summed E-state index contributed by atoms with van der Waals surface area (Å²) in [4.78, 5) is 31.3. The van der Waals surface area contributed by atoms with Gasteiger partial charge in [-0.05, 0) is 25.8 Å².